The van der Waals surface area contributed by atoms with Crippen molar-refractivity contribution >= 4 is 11.8 Å². The number of nitrogens with two attached hydrogens (primary N) is 1. The van der Waals surface area contributed by atoms with Gasteiger partial charge >= 0.3 is 0 Å². The van der Waals surface area contributed by atoms with Gasteiger partial charge in [-0.1, -0.05) is 13.8 Å². The van der Waals surface area contributed by atoms with Crippen LogP contribution in [0.15, 0.2) is 0 Å². The predicted molar refractivity (Wildman–Crippen MR) is 51.8 cm³/mol. The standard InChI is InChI=1S/C8H19NOS/c1-7(2)5-11-6-8(9)3-4-10/h7-8,10H,3-6,9H2,1-2H3. The van der Waals surface area contributed by atoms with E-state index >= 15 is 0 Å². The summed E-state index contributed by atoms with van der Waals surface area (Å²) in [5.41, 5.74) is 5.69. The van der Waals surface area contributed by atoms with E-state index in [1.807, 2.05) is 11.8 Å². The fourth-order valence-electron chi connectivity index (χ4n) is 0.704. The second kappa shape index (κ2) is 6.95. The summed E-state index contributed by atoms with van der Waals surface area (Å²) in [6, 6.07) is 0.170. The molecule has 0 saturated carbocycles. The monoisotopic (exact) mass is 177 g/mol. The Morgan fingerprint density at radius 2 is 2.00 bits per heavy atom. The van der Waals surface area contributed by atoms with Crippen molar-refractivity contribution in [2.45, 2.75) is 26.3 Å². The summed E-state index contributed by atoms with van der Waals surface area (Å²) >= 11 is 1.87. The van der Waals surface area contributed by atoms with E-state index in [9.17, 15) is 0 Å². The summed E-state index contributed by atoms with van der Waals surface area (Å²) in [6.07, 6.45) is 0.727. The average molecular weight is 177 g/mol. The van der Waals surface area contributed by atoms with Gasteiger partial charge in [0.1, 0.15) is 0 Å². The molecule has 0 aromatic rings. The van der Waals surface area contributed by atoms with Crippen LogP contribution in [0.4, 0.5) is 0 Å². The smallest absolute Gasteiger partial charge is 0.0446 e. The first-order chi connectivity index (χ1) is 5.16. The molecular weight excluding hydrogens is 158 g/mol. The summed E-state index contributed by atoms with van der Waals surface area (Å²) in [5.74, 6) is 2.87. The topological polar surface area (TPSA) is 46.2 Å². The first kappa shape index (κ1) is 11.3. The van der Waals surface area contributed by atoms with Crippen LogP contribution in [0.5, 0.6) is 0 Å². The van der Waals surface area contributed by atoms with Gasteiger partial charge in [0.05, 0.1) is 0 Å². The van der Waals surface area contributed by atoms with Crippen LogP contribution in [0.1, 0.15) is 20.3 Å². The molecule has 0 bridgehead atoms. The Morgan fingerprint density at radius 1 is 1.36 bits per heavy atom. The lowest BCUT2D eigenvalue weighted by molar-refractivity contribution is 0.279. The van der Waals surface area contributed by atoms with Gasteiger partial charge in [0, 0.05) is 18.4 Å². The van der Waals surface area contributed by atoms with Crippen LogP contribution in [0.25, 0.3) is 0 Å². The van der Waals surface area contributed by atoms with Crippen molar-refractivity contribution in [3.8, 4) is 0 Å². The highest BCUT2D eigenvalue weighted by molar-refractivity contribution is 7.99. The summed E-state index contributed by atoms with van der Waals surface area (Å²) in [4.78, 5) is 0. The first-order valence-corrected chi connectivity index (χ1v) is 5.26. The molecule has 2 nitrogen and oxygen atoms in total. The van der Waals surface area contributed by atoms with E-state index in [2.05, 4.69) is 13.8 Å². The molecule has 0 radical (unpaired) electrons. The maximum absolute atomic E-state index is 8.56. The molecule has 0 aliphatic carbocycles. The van der Waals surface area contributed by atoms with Gasteiger partial charge in [0.25, 0.3) is 0 Å². The van der Waals surface area contributed by atoms with Crippen LogP contribution in [-0.4, -0.2) is 29.3 Å². The van der Waals surface area contributed by atoms with Crippen molar-refractivity contribution in [3.63, 3.8) is 0 Å². The molecular formula is C8H19NOS. The number of thioether (sulfide) groups is 1. The summed E-state index contributed by atoms with van der Waals surface area (Å²) in [6.45, 7) is 4.61. The van der Waals surface area contributed by atoms with Crippen LogP contribution in [0.2, 0.25) is 0 Å². The van der Waals surface area contributed by atoms with E-state index in [4.69, 9.17) is 10.8 Å². The first-order valence-electron chi connectivity index (χ1n) is 4.11. The lowest BCUT2D eigenvalue weighted by Gasteiger charge is -2.10. The average Bonchev–Trinajstić information content (AvgIpc) is 1.87. The molecule has 0 amide bonds. The third-order valence-electron chi connectivity index (χ3n) is 1.28. The minimum Gasteiger partial charge on any atom is -0.396 e. The molecule has 0 aromatic heterocycles. The molecule has 11 heavy (non-hydrogen) atoms. The van der Waals surface area contributed by atoms with Gasteiger partial charge in [0.15, 0.2) is 0 Å². The largest absolute Gasteiger partial charge is 0.396 e. The van der Waals surface area contributed by atoms with Crippen molar-refractivity contribution in [2.24, 2.45) is 11.7 Å². The van der Waals surface area contributed by atoms with E-state index < -0.39 is 0 Å². The third kappa shape index (κ3) is 8.17. The van der Waals surface area contributed by atoms with Crippen molar-refractivity contribution in [1.29, 1.82) is 0 Å². The minimum atomic E-state index is 0.170. The van der Waals surface area contributed by atoms with Gasteiger partial charge in [-0.3, -0.25) is 0 Å². The molecule has 0 aliphatic heterocycles. The lowest BCUT2D eigenvalue weighted by atomic mass is 10.3. The molecule has 0 saturated heterocycles. The van der Waals surface area contributed by atoms with Gasteiger partial charge in [0.2, 0.25) is 0 Å². The summed E-state index contributed by atoms with van der Waals surface area (Å²) in [5, 5.41) is 8.56. The van der Waals surface area contributed by atoms with E-state index in [1.54, 1.807) is 0 Å². The third-order valence-corrected chi connectivity index (χ3v) is 2.85. The second-order valence-electron chi connectivity index (χ2n) is 3.20. The van der Waals surface area contributed by atoms with Crippen LogP contribution in [0, 0.1) is 5.92 Å². The zero-order valence-corrected chi connectivity index (χ0v) is 8.23. The quantitative estimate of drug-likeness (QED) is 0.638. The van der Waals surface area contributed by atoms with Crippen LogP contribution in [0.3, 0.4) is 0 Å². The Balaban J connectivity index is 3.10. The number of aliphatic hydroxyl groups is 1. The molecule has 1 atom stereocenters. The number of hydrogen-bond donors (Lipinski definition) is 2. The highest BCUT2D eigenvalue weighted by Crippen LogP contribution is 2.08. The highest BCUT2D eigenvalue weighted by atomic mass is 32.2. The maximum atomic E-state index is 8.56. The zero-order valence-electron chi connectivity index (χ0n) is 7.42. The van der Waals surface area contributed by atoms with E-state index in [1.165, 1.54) is 5.75 Å². The molecule has 0 heterocycles. The zero-order chi connectivity index (χ0) is 8.69. The molecule has 1 unspecified atom stereocenters. The van der Waals surface area contributed by atoms with Crippen molar-refractivity contribution in [3.05, 3.63) is 0 Å². The van der Waals surface area contributed by atoms with Crippen molar-refractivity contribution in [2.75, 3.05) is 18.1 Å². The maximum Gasteiger partial charge on any atom is 0.0446 e. The van der Waals surface area contributed by atoms with Gasteiger partial charge in [-0.05, 0) is 18.1 Å². The van der Waals surface area contributed by atoms with Crippen LogP contribution in [-0.2, 0) is 0 Å². The Morgan fingerprint density at radius 3 is 2.45 bits per heavy atom. The molecule has 0 aliphatic rings. The normalized spacial score (nSPS) is 13.9. The van der Waals surface area contributed by atoms with Crippen LogP contribution < -0.4 is 5.73 Å². The van der Waals surface area contributed by atoms with E-state index in [0.29, 0.717) is 0 Å². The minimum absolute atomic E-state index is 0.170. The Labute approximate surface area is 73.6 Å². The molecule has 3 heteroatoms. The SMILES string of the molecule is CC(C)CSCC(N)CCO. The number of aliphatic hydroxyl groups excluding tert-OH is 1. The highest BCUT2D eigenvalue weighted by Gasteiger charge is 2.01. The van der Waals surface area contributed by atoms with Gasteiger partial charge in [-0.25, -0.2) is 0 Å². The Kier molecular flexibility index (Phi) is 7.12. The number of hydrogen-bond acceptors (Lipinski definition) is 3. The van der Waals surface area contributed by atoms with Gasteiger partial charge in [-0.15, -0.1) is 0 Å². The number of rotatable bonds is 6. The van der Waals surface area contributed by atoms with E-state index in [0.717, 1.165) is 18.1 Å². The Hall–Kier alpha value is 0.270. The molecule has 0 aromatic carbocycles. The van der Waals surface area contributed by atoms with Crippen molar-refractivity contribution < 1.29 is 5.11 Å². The summed E-state index contributed by atoms with van der Waals surface area (Å²) < 4.78 is 0. The lowest BCUT2D eigenvalue weighted by Crippen LogP contribution is -2.24. The van der Waals surface area contributed by atoms with Crippen molar-refractivity contribution in [1.82, 2.24) is 0 Å². The second-order valence-corrected chi connectivity index (χ2v) is 4.28. The van der Waals surface area contributed by atoms with Crippen LogP contribution >= 0.6 is 11.8 Å². The molecule has 68 valence electrons. The van der Waals surface area contributed by atoms with E-state index in [-0.39, 0.29) is 12.6 Å². The molecule has 0 spiro atoms. The predicted octanol–water partition coefficient (Wildman–Crippen LogP) is 1.09. The van der Waals surface area contributed by atoms with Gasteiger partial charge in [-0.2, -0.15) is 11.8 Å². The fourth-order valence-corrected chi connectivity index (χ4v) is 1.78. The molecule has 0 rings (SSSR count). The molecule has 0 fully saturated rings. The fraction of sp³-hybridized carbons (Fsp3) is 1.00. The van der Waals surface area contributed by atoms with Gasteiger partial charge < -0.3 is 10.8 Å². The molecule has 3 N–H and O–H groups in total. The Bertz CT molecular complexity index is 88.2. The summed E-state index contributed by atoms with van der Waals surface area (Å²) in [7, 11) is 0.